The van der Waals surface area contributed by atoms with Crippen LogP contribution in [0.25, 0.3) is 22.0 Å². The molecule has 0 aliphatic carbocycles. The Morgan fingerprint density at radius 1 is 0.794 bits per heavy atom. The summed E-state index contributed by atoms with van der Waals surface area (Å²) < 4.78 is 0. The summed E-state index contributed by atoms with van der Waals surface area (Å²) in [6, 6.07) is 31.8. The van der Waals surface area contributed by atoms with Gasteiger partial charge in [0.25, 0.3) is 0 Å². The molecule has 34 heavy (non-hydrogen) atoms. The molecule has 0 aliphatic rings. The van der Waals surface area contributed by atoms with E-state index in [1.54, 1.807) is 6.20 Å². The maximum absolute atomic E-state index is 12.9. The molecule has 0 bridgehead atoms. The predicted molar refractivity (Wildman–Crippen MR) is 137 cm³/mol. The molecule has 5 nitrogen and oxygen atoms in total. The molecule has 0 saturated carbocycles. The van der Waals surface area contributed by atoms with Crippen LogP contribution in [0.5, 0.6) is 0 Å². The van der Waals surface area contributed by atoms with Crippen molar-refractivity contribution in [3.05, 3.63) is 120 Å². The highest BCUT2D eigenvalue weighted by Gasteiger charge is 2.14. The zero-order chi connectivity index (χ0) is 23.3. The molecule has 5 rings (SSSR count). The molecule has 5 heteroatoms. The highest BCUT2D eigenvalue weighted by Crippen LogP contribution is 2.23. The summed E-state index contributed by atoms with van der Waals surface area (Å²) in [4.78, 5) is 22.4. The number of nitrogens with zero attached hydrogens (tertiary/aromatic N) is 2. The number of nitrogens with two attached hydrogens (primary N) is 1. The first kappa shape index (κ1) is 21.3. The third-order valence-corrected chi connectivity index (χ3v) is 5.70. The smallest absolute Gasteiger partial charge is 0.229 e. The van der Waals surface area contributed by atoms with E-state index in [1.807, 2.05) is 78.9 Å². The molecule has 0 radical (unpaired) electrons. The minimum Gasteiger partial charge on any atom is -0.399 e. The van der Waals surface area contributed by atoms with Gasteiger partial charge in [-0.1, -0.05) is 84.9 Å². The number of hydrogen-bond donors (Lipinski definition) is 2. The molecular weight excluding hydrogens is 420 g/mol. The Morgan fingerprint density at radius 2 is 1.53 bits per heavy atom. The zero-order valence-corrected chi connectivity index (χ0v) is 18.6. The van der Waals surface area contributed by atoms with Gasteiger partial charge in [-0.3, -0.25) is 4.79 Å². The normalized spacial score (nSPS) is 10.8. The van der Waals surface area contributed by atoms with Crippen molar-refractivity contribution in [2.45, 2.75) is 12.8 Å². The van der Waals surface area contributed by atoms with E-state index in [1.165, 1.54) is 0 Å². The first-order valence-electron chi connectivity index (χ1n) is 11.2. The Labute approximate surface area is 198 Å². The maximum Gasteiger partial charge on any atom is 0.229 e. The summed E-state index contributed by atoms with van der Waals surface area (Å²) in [5.41, 5.74) is 10.9. The van der Waals surface area contributed by atoms with Gasteiger partial charge in [0.15, 0.2) is 5.82 Å². The van der Waals surface area contributed by atoms with Crippen LogP contribution < -0.4 is 11.1 Å². The predicted octanol–water partition coefficient (Wildman–Crippen LogP) is 5.65. The second-order valence-corrected chi connectivity index (χ2v) is 8.24. The van der Waals surface area contributed by atoms with Gasteiger partial charge < -0.3 is 11.1 Å². The summed E-state index contributed by atoms with van der Waals surface area (Å²) >= 11 is 0. The SMILES string of the molecule is Nc1ccc(-c2cnc(NC(=O)Cc3ccc4ccccc4c3)c(Cc3ccccc3)n2)cc1. The lowest BCUT2D eigenvalue weighted by Gasteiger charge is -2.12. The molecule has 0 spiro atoms. The van der Waals surface area contributed by atoms with Gasteiger partial charge in [0, 0.05) is 17.7 Å². The number of hydrogen-bond acceptors (Lipinski definition) is 4. The van der Waals surface area contributed by atoms with E-state index >= 15 is 0 Å². The topological polar surface area (TPSA) is 80.9 Å². The maximum atomic E-state index is 12.9. The van der Waals surface area contributed by atoms with Crippen molar-refractivity contribution >= 4 is 28.2 Å². The second kappa shape index (κ2) is 9.55. The van der Waals surface area contributed by atoms with Crippen molar-refractivity contribution in [2.24, 2.45) is 0 Å². The van der Waals surface area contributed by atoms with Gasteiger partial charge in [0.1, 0.15) is 0 Å². The molecule has 0 unspecified atom stereocenters. The Morgan fingerprint density at radius 3 is 2.32 bits per heavy atom. The molecule has 0 atom stereocenters. The van der Waals surface area contributed by atoms with Crippen LogP contribution in [0.3, 0.4) is 0 Å². The van der Waals surface area contributed by atoms with Gasteiger partial charge in [0.05, 0.1) is 24.0 Å². The third-order valence-electron chi connectivity index (χ3n) is 5.70. The van der Waals surface area contributed by atoms with Crippen molar-refractivity contribution in [2.75, 3.05) is 11.1 Å². The monoisotopic (exact) mass is 444 g/mol. The fraction of sp³-hybridized carbons (Fsp3) is 0.0690. The number of carbonyl (C=O) groups excluding carboxylic acids is 1. The summed E-state index contributed by atoms with van der Waals surface area (Å²) in [5, 5.41) is 5.25. The van der Waals surface area contributed by atoms with Gasteiger partial charge >= 0.3 is 0 Å². The first-order chi connectivity index (χ1) is 16.6. The van der Waals surface area contributed by atoms with E-state index in [9.17, 15) is 4.79 Å². The van der Waals surface area contributed by atoms with Crippen LogP contribution in [0.1, 0.15) is 16.8 Å². The lowest BCUT2D eigenvalue weighted by Crippen LogP contribution is -2.17. The van der Waals surface area contributed by atoms with E-state index < -0.39 is 0 Å². The quantitative estimate of drug-likeness (QED) is 0.332. The number of amides is 1. The van der Waals surface area contributed by atoms with Crippen molar-refractivity contribution < 1.29 is 4.79 Å². The van der Waals surface area contributed by atoms with Crippen LogP contribution >= 0.6 is 0 Å². The van der Waals surface area contributed by atoms with Crippen LogP contribution in [0.4, 0.5) is 11.5 Å². The number of carbonyl (C=O) groups is 1. The highest BCUT2D eigenvalue weighted by atomic mass is 16.1. The Kier molecular flexibility index (Phi) is 5.99. The molecule has 3 N–H and O–H groups in total. The zero-order valence-electron chi connectivity index (χ0n) is 18.6. The van der Waals surface area contributed by atoms with Crippen molar-refractivity contribution in [3.63, 3.8) is 0 Å². The lowest BCUT2D eigenvalue weighted by atomic mass is 10.0. The molecule has 0 fully saturated rings. The average Bonchev–Trinajstić information content (AvgIpc) is 2.86. The van der Waals surface area contributed by atoms with Crippen molar-refractivity contribution in [3.8, 4) is 11.3 Å². The third kappa shape index (κ3) is 4.94. The second-order valence-electron chi connectivity index (χ2n) is 8.24. The van der Waals surface area contributed by atoms with Gasteiger partial charge in [-0.2, -0.15) is 0 Å². The fourth-order valence-electron chi connectivity index (χ4n) is 3.95. The number of rotatable bonds is 6. The van der Waals surface area contributed by atoms with Gasteiger partial charge in [0.2, 0.25) is 5.91 Å². The average molecular weight is 445 g/mol. The summed E-state index contributed by atoms with van der Waals surface area (Å²) in [6.07, 6.45) is 2.50. The van der Waals surface area contributed by atoms with Gasteiger partial charge in [-0.05, 0) is 34.0 Å². The molecule has 1 aromatic heterocycles. The molecule has 4 aromatic carbocycles. The summed E-state index contributed by atoms with van der Waals surface area (Å²) in [6.45, 7) is 0. The largest absolute Gasteiger partial charge is 0.399 e. The lowest BCUT2D eigenvalue weighted by molar-refractivity contribution is -0.115. The first-order valence-corrected chi connectivity index (χ1v) is 11.2. The number of fused-ring (bicyclic) bond motifs is 1. The molecule has 0 saturated heterocycles. The molecule has 1 amide bonds. The van der Waals surface area contributed by atoms with Crippen molar-refractivity contribution in [1.82, 2.24) is 9.97 Å². The van der Waals surface area contributed by atoms with E-state index in [2.05, 4.69) is 28.5 Å². The van der Waals surface area contributed by atoms with Gasteiger partial charge in [-0.25, -0.2) is 9.97 Å². The van der Waals surface area contributed by atoms with Crippen LogP contribution in [0, 0.1) is 0 Å². The van der Waals surface area contributed by atoms with Crippen LogP contribution in [0.15, 0.2) is 103 Å². The molecule has 0 aliphatic heterocycles. The summed E-state index contributed by atoms with van der Waals surface area (Å²) in [7, 11) is 0. The fourth-order valence-corrected chi connectivity index (χ4v) is 3.95. The summed E-state index contributed by atoms with van der Waals surface area (Å²) in [5.74, 6) is 0.355. The molecule has 166 valence electrons. The number of aromatic nitrogens is 2. The number of anilines is 2. The Balaban J connectivity index is 1.41. The standard InChI is InChI=1S/C29H24N4O/c30-25-14-12-23(13-15-25)27-19-31-29(26(32-27)17-20-6-2-1-3-7-20)33-28(34)18-21-10-11-22-8-4-5-9-24(22)16-21/h1-16,19H,17-18,30H2,(H,31,33,34). The number of benzene rings is 4. The van der Waals surface area contributed by atoms with E-state index in [-0.39, 0.29) is 12.3 Å². The van der Waals surface area contributed by atoms with E-state index in [0.717, 1.165) is 33.2 Å². The minimum absolute atomic E-state index is 0.126. The van der Waals surface area contributed by atoms with E-state index in [4.69, 9.17) is 10.7 Å². The van der Waals surface area contributed by atoms with Crippen LogP contribution in [-0.2, 0) is 17.6 Å². The molecule has 1 heterocycles. The Bertz CT molecular complexity index is 1450. The van der Waals surface area contributed by atoms with Crippen LogP contribution in [-0.4, -0.2) is 15.9 Å². The minimum atomic E-state index is -0.126. The number of nitrogen functional groups attached to an aromatic ring is 1. The van der Waals surface area contributed by atoms with Gasteiger partial charge in [-0.15, -0.1) is 0 Å². The van der Waals surface area contributed by atoms with Crippen molar-refractivity contribution in [1.29, 1.82) is 0 Å². The van der Waals surface area contributed by atoms with Crippen LogP contribution in [0.2, 0.25) is 0 Å². The molecular formula is C29H24N4O. The highest BCUT2D eigenvalue weighted by molar-refractivity contribution is 5.93. The number of nitrogens with one attached hydrogen (secondary N) is 1. The van der Waals surface area contributed by atoms with E-state index in [0.29, 0.717) is 23.6 Å². The Hall–Kier alpha value is -4.51. The molecule has 5 aromatic rings.